The first kappa shape index (κ1) is 15.0. The third-order valence-corrected chi connectivity index (χ3v) is 5.11. The van der Waals surface area contributed by atoms with E-state index in [0.717, 1.165) is 56.9 Å². The summed E-state index contributed by atoms with van der Waals surface area (Å²) in [6, 6.07) is 0. The molecular formula is C14H27N3OS. The van der Waals surface area contributed by atoms with Crippen LogP contribution in [-0.2, 0) is 4.74 Å². The van der Waals surface area contributed by atoms with E-state index in [9.17, 15) is 0 Å². The molecule has 19 heavy (non-hydrogen) atoms. The van der Waals surface area contributed by atoms with Crippen molar-refractivity contribution in [3.05, 3.63) is 0 Å². The van der Waals surface area contributed by atoms with Gasteiger partial charge in [0.05, 0.1) is 0 Å². The Kier molecular flexibility index (Phi) is 6.85. The minimum Gasteiger partial charge on any atom is -0.381 e. The van der Waals surface area contributed by atoms with Gasteiger partial charge in [0.15, 0.2) is 5.96 Å². The SMILES string of the molecule is CCNC(=NCC1CCOCC1)NCC1CCCS1. The van der Waals surface area contributed by atoms with E-state index < -0.39 is 0 Å². The predicted molar refractivity (Wildman–Crippen MR) is 83.0 cm³/mol. The molecule has 2 saturated heterocycles. The number of aliphatic imine (C=N–C) groups is 1. The van der Waals surface area contributed by atoms with E-state index >= 15 is 0 Å². The molecule has 2 rings (SSSR count). The van der Waals surface area contributed by atoms with Crippen molar-refractivity contribution in [3.63, 3.8) is 0 Å². The Morgan fingerprint density at radius 3 is 2.79 bits per heavy atom. The molecule has 2 aliphatic heterocycles. The van der Waals surface area contributed by atoms with Crippen molar-refractivity contribution in [2.75, 3.05) is 38.6 Å². The highest BCUT2D eigenvalue weighted by Gasteiger charge is 2.16. The third kappa shape index (κ3) is 5.61. The molecule has 2 fully saturated rings. The van der Waals surface area contributed by atoms with Gasteiger partial charge in [0.1, 0.15) is 0 Å². The number of nitrogens with zero attached hydrogens (tertiary/aromatic N) is 1. The molecule has 5 heteroatoms. The summed E-state index contributed by atoms with van der Waals surface area (Å²) in [6.45, 7) is 6.83. The average molecular weight is 285 g/mol. The maximum atomic E-state index is 5.39. The van der Waals surface area contributed by atoms with Crippen LogP contribution in [0.1, 0.15) is 32.6 Å². The van der Waals surface area contributed by atoms with Gasteiger partial charge in [0, 0.05) is 38.1 Å². The lowest BCUT2D eigenvalue weighted by Crippen LogP contribution is -2.40. The van der Waals surface area contributed by atoms with Gasteiger partial charge in [-0.25, -0.2) is 0 Å². The monoisotopic (exact) mass is 285 g/mol. The van der Waals surface area contributed by atoms with Crippen LogP contribution in [0.2, 0.25) is 0 Å². The summed E-state index contributed by atoms with van der Waals surface area (Å²) in [7, 11) is 0. The first-order chi connectivity index (χ1) is 9.38. The Hall–Kier alpha value is -0.420. The van der Waals surface area contributed by atoms with E-state index in [1.807, 2.05) is 0 Å². The van der Waals surface area contributed by atoms with Crippen molar-refractivity contribution < 1.29 is 4.74 Å². The minimum atomic E-state index is 0.699. The smallest absolute Gasteiger partial charge is 0.191 e. The van der Waals surface area contributed by atoms with Crippen molar-refractivity contribution >= 4 is 17.7 Å². The van der Waals surface area contributed by atoms with Crippen molar-refractivity contribution in [1.82, 2.24) is 10.6 Å². The Balaban J connectivity index is 1.72. The number of thioether (sulfide) groups is 1. The topological polar surface area (TPSA) is 45.7 Å². The summed E-state index contributed by atoms with van der Waals surface area (Å²) in [5, 5.41) is 7.60. The van der Waals surface area contributed by atoms with Crippen LogP contribution in [0, 0.1) is 5.92 Å². The third-order valence-electron chi connectivity index (χ3n) is 3.71. The molecule has 0 aromatic heterocycles. The number of rotatable bonds is 5. The quantitative estimate of drug-likeness (QED) is 0.598. The maximum absolute atomic E-state index is 5.39. The zero-order valence-corrected chi connectivity index (χ0v) is 12.8. The number of hydrogen-bond donors (Lipinski definition) is 2. The van der Waals surface area contributed by atoms with Crippen LogP contribution in [0.25, 0.3) is 0 Å². The Morgan fingerprint density at radius 1 is 1.26 bits per heavy atom. The fourth-order valence-corrected chi connectivity index (χ4v) is 3.71. The van der Waals surface area contributed by atoms with Gasteiger partial charge in [0.25, 0.3) is 0 Å². The zero-order valence-electron chi connectivity index (χ0n) is 12.0. The molecule has 110 valence electrons. The average Bonchev–Trinajstić information content (AvgIpc) is 2.96. The van der Waals surface area contributed by atoms with Gasteiger partial charge < -0.3 is 15.4 Å². The Bertz CT molecular complexity index is 274. The molecule has 0 aromatic rings. The highest BCUT2D eigenvalue weighted by molar-refractivity contribution is 8.00. The highest BCUT2D eigenvalue weighted by Crippen LogP contribution is 2.25. The molecule has 0 saturated carbocycles. The summed E-state index contributed by atoms with van der Waals surface area (Å²) in [5.41, 5.74) is 0. The number of nitrogens with one attached hydrogen (secondary N) is 2. The molecule has 0 bridgehead atoms. The fraction of sp³-hybridized carbons (Fsp3) is 0.929. The molecule has 0 aliphatic carbocycles. The first-order valence-corrected chi connectivity index (χ1v) is 8.65. The van der Waals surface area contributed by atoms with Gasteiger partial charge in [-0.2, -0.15) is 11.8 Å². The molecule has 0 spiro atoms. The molecule has 0 radical (unpaired) electrons. The molecule has 2 aliphatic rings. The lowest BCUT2D eigenvalue weighted by molar-refractivity contribution is 0.0689. The van der Waals surface area contributed by atoms with Gasteiger partial charge in [-0.3, -0.25) is 4.99 Å². The van der Waals surface area contributed by atoms with Crippen molar-refractivity contribution in [2.45, 2.75) is 37.9 Å². The minimum absolute atomic E-state index is 0.699. The van der Waals surface area contributed by atoms with E-state index in [1.165, 1.54) is 18.6 Å². The lowest BCUT2D eigenvalue weighted by Gasteiger charge is -2.21. The van der Waals surface area contributed by atoms with E-state index in [2.05, 4.69) is 29.3 Å². The number of hydrogen-bond acceptors (Lipinski definition) is 3. The van der Waals surface area contributed by atoms with Crippen LogP contribution >= 0.6 is 11.8 Å². The second-order valence-electron chi connectivity index (χ2n) is 5.29. The number of ether oxygens (including phenoxy) is 1. The molecule has 2 N–H and O–H groups in total. The molecule has 0 amide bonds. The van der Waals surface area contributed by atoms with Gasteiger partial charge in [-0.15, -0.1) is 0 Å². The van der Waals surface area contributed by atoms with E-state index in [0.29, 0.717) is 5.92 Å². The molecule has 1 unspecified atom stereocenters. The molecule has 1 atom stereocenters. The van der Waals surface area contributed by atoms with Gasteiger partial charge >= 0.3 is 0 Å². The second-order valence-corrected chi connectivity index (χ2v) is 6.70. The van der Waals surface area contributed by atoms with Crippen LogP contribution in [0.15, 0.2) is 4.99 Å². The molecule has 0 aromatic carbocycles. The Morgan fingerprint density at radius 2 is 2.11 bits per heavy atom. The first-order valence-electron chi connectivity index (χ1n) is 7.60. The lowest BCUT2D eigenvalue weighted by atomic mass is 10.0. The van der Waals surface area contributed by atoms with Crippen molar-refractivity contribution in [1.29, 1.82) is 0 Å². The van der Waals surface area contributed by atoms with Crippen LogP contribution in [-0.4, -0.2) is 49.8 Å². The Labute approximate surface area is 121 Å². The van der Waals surface area contributed by atoms with E-state index in [4.69, 9.17) is 9.73 Å². The summed E-state index contributed by atoms with van der Waals surface area (Å²) < 4.78 is 5.39. The molecule has 4 nitrogen and oxygen atoms in total. The van der Waals surface area contributed by atoms with Crippen LogP contribution in [0.3, 0.4) is 0 Å². The van der Waals surface area contributed by atoms with Crippen LogP contribution < -0.4 is 10.6 Å². The number of guanidine groups is 1. The van der Waals surface area contributed by atoms with Gasteiger partial charge in [-0.05, 0) is 44.3 Å². The van der Waals surface area contributed by atoms with E-state index in [-0.39, 0.29) is 0 Å². The summed E-state index contributed by atoms with van der Waals surface area (Å²) in [6.07, 6.45) is 5.02. The summed E-state index contributed by atoms with van der Waals surface area (Å²) in [5.74, 6) is 3.01. The molecule has 2 heterocycles. The zero-order chi connectivity index (χ0) is 13.3. The van der Waals surface area contributed by atoms with Gasteiger partial charge in [-0.1, -0.05) is 0 Å². The van der Waals surface area contributed by atoms with E-state index in [1.54, 1.807) is 0 Å². The fourth-order valence-electron chi connectivity index (χ4n) is 2.51. The maximum Gasteiger partial charge on any atom is 0.191 e. The standard InChI is InChI=1S/C14H27N3OS/c1-2-15-14(17-11-13-4-3-9-19-13)16-10-12-5-7-18-8-6-12/h12-13H,2-11H2,1H3,(H2,15,16,17). The van der Waals surface area contributed by atoms with Crippen LogP contribution in [0.4, 0.5) is 0 Å². The largest absolute Gasteiger partial charge is 0.381 e. The summed E-state index contributed by atoms with van der Waals surface area (Å²) in [4.78, 5) is 4.73. The van der Waals surface area contributed by atoms with Crippen molar-refractivity contribution in [3.8, 4) is 0 Å². The predicted octanol–water partition coefficient (Wildman–Crippen LogP) is 1.86. The summed E-state index contributed by atoms with van der Waals surface area (Å²) >= 11 is 2.09. The van der Waals surface area contributed by atoms with Crippen molar-refractivity contribution in [2.24, 2.45) is 10.9 Å². The normalized spacial score (nSPS) is 25.5. The molecular weight excluding hydrogens is 258 g/mol. The van der Waals surface area contributed by atoms with Crippen LogP contribution in [0.5, 0.6) is 0 Å². The van der Waals surface area contributed by atoms with Gasteiger partial charge in [0.2, 0.25) is 0 Å². The highest BCUT2D eigenvalue weighted by atomic mass is 32.2. The second kappa shape index (κ2) is 8.69.